The Balaban J connectivity index is 1.97. The summed E-state index contributed by atoms with van der Waals surface area (Å²) in [4.78, 5) is 44.5. The Bertz CT molecular complexity index is 1540. The van der Waals surface area contributed by atoms with Crippen molar-refractivity contribution < 1.29 is 14.0 Å². The Morgan fingerprint density at radius 2 is 2.05 bits per heavy atom. The van der Waals surface area contributed by atoms with Crippen molar-refractivity contribution in [3.05, 3.63) is 76.8 Å². The number of aliphatic imine (C=N–C) groups is 1. The van der Waals surface area contributed by atoms with E-state index in [9.17, 15) is 9.59 Å². The molecule has 9 nitrogen and oxygen atoms in total. The minimum Gasteiger partial charge on any atom is -0.398 e. The van der Waals surface area contributed by atoms with Gasteiger partial charge in [-0.2, -0.15) is 0 Å². The molecule has 2 N–H and O–H groups in total. The van der Waals surface area contributed by atoms with E-state index < -0.39 is 5.82 Å². The van der Waals surface area contributed by atoms with E-state index in [1.165, 1.54) is 23.1 Å². The Morgan fingerprint density at radius 1 is 1.31 bits per heavy atom. The maximum absolute atomic E-state index is 15.1. The van der Waals surface area contributed by atoms with E-state index in [1.807, 2.05) is 38.7 Å². The number of carbonyl (C=O) groups excluding carboxylic acids is 2. The van der Waals surface area contributed by atoms with Crippen LogP contribution in [0.25, 0.3) is 11.3 Å². The second-order valence-corrected chi connectivity index (χ2v) is 10.9. The molecule has 1 saturated heterocycles. The summed E-state index contributed by atoms with van der Waals surface area (Å²) in [5.74, 6) is -0.0417. The molecule has 2 amide bonds. The maximum atomic E-state index is 15.1. The number of nitrogens with two attached hydrogens (primary N) is 1. The smallest absolute Gasteiger partial charge is 0.246 e. The van der Waals surface area contributed by atoms with Crippen molar-refractivity contribution in [1.82, 2.24) is 19.8 Å². The molecule has 11 heteroatoms. The molecule has 1 atom stereocenters. The second-order valence-electron chi connectivity index (χ2n) is 10.5. The Hall–Kier alpha value is -4.31. The first-order valence-electron chi connectivity index (χ1n) is 13.6. The van der Waals surface area contributed by atoms with E-state index in [0.717, 1.165) is 5.56 Å². The highest BCUT2D eigenvalue weighted by Crippen LogP contribution is 2.40. The summed E-state index contributed by atoms with van der Waals surface area (Å²) in [6.45, 7) is 12.8. The minimum atomic E-state index is -0.595. The Labute approximate surface area is 250 Å². The van der Waals surface area contributed by atoms with Crippen molar-refractivity contribution in [2.75, 3.05) is 37.3 Å². The first-order valence-corrected chi connectivity index (χ1v) is 14.0. The topological polar surface area (TPSA) is 108 Å². The zero-order chi connectivity index (χ0) is 30.7. The van der Waals surface area contributed by atoms with E-state index in [0.29, 0.717) is 48.8 Å². The number of carbonyl (C=O) groups is 2. The van der Waals surface area contributed by atoms with Crippen molar-refractivity contribution in [2.45, 2.75) is 39.7 Å². The van der Waals surface area contributed by atoms with Crippen LogP contribution >= 0.6 is 11.6 Å². The fraction of sp³-hybridized carbons (Fsp3) is 0.323. The summed E-state index contributed by atoms with van der Waals surface area (Å²) in [5.41, 5.74) is 8.99. The third-order valence-corrected chi connectivity index (χ3v) is 7.64. The van der Waals surface area contributed by atoms with Gasteiger partial charge >= 0.3 is 0 Å². The monoisotopic (exact) mass is 591 g/mol. The van der Waals surface area contributed by atoms with Gasteiger partial charge in [0.25, 0.3) is 0 Å². The van der Waals surface area contributed by atoms with Gasteiger partial charge in [0.1, 0.15) is 11.7 Å². The first kappa shape index (κ1) is 30.6. The summed E-state index contributed by atoms with van der Waals surface area (Å²) in [5, 5.41) is 0.137. The average molecular weight is 592 g/mol. The first-order chi connectivity index (χ1) is 20.0. The van der Waals surface area contributed by atoms with E-state index >= 15 is 4.39 Å². The Morgan fingerprint density at radius 3 is 2.64 bits per heavy atom. The highest BCUT2D eigenvalue weighted by Gasteiger charge is 2.32. The summed E-state index contributed by atoms with van der Waals surface area (Å²) in [6, 6.07) is 7.66. The maximum Gasteiger partial charge on any atom is 0.246 e. The minimum absolute atomic E-state index is 0.0181. The zero-order valence-corrected chi connectivity index (χ0v) is 25.2. The number of halogens is 2. The van der Waals surface area contributed by atoms with Gasteiger partial charge in [-0.05, 0) is 55.7 Å². The van der Waals surface area contributed by atoms with Crippen molar-refractivity contribution in [2.24, 2.45) is 4.99 Å². The van der Waals surface area contributed by atoms with Crippen molar-refractivity contribution in [3.63, 3.8) is 0 Å². The van der Waals surface area contributed by atoms with Crippen LogP contribution in [0.2, 0.25) is 5.02 Å². The quantitative estimate of drug-likeness (QED) is 0.131. The lowest BCUT2D eigenvalue weighted by atomic mass is 10.0. The molecule has 0 spiro atoms. The molecule has 42 heavy (non-hydrogen) atoms. The molecule has 0 radical (unpaired) electrons. The largest absolute Gasteiger partial charge is 0.398 e. The molecule has 4 rings (SSSR count). The predicted octanol–water partition coefficient (Wildman–Crippen LogP) is 5.34. The van der Waals surface area contributed by atoms with E-state index in [1.54, 1.807) is 30.3 Å². The van der Waals surface area contributed by atoms with Crippen LogP contribution in [0.5, 0.6) is 0 Å². The molecule has 3 aromatic rings. The summed E-state index contributed by atoms with van der Waals surface area (Å²) < 4.78 is 15.1. The molecule has 220 valence electrons. The third kappa shape index (κ3) is 5.72. The van der Waals surface area contributed by atoms with Crippen LogP contribution in [0.1, 0.15) is 43.5 Å². The van der Waals surface area contributed by atoms with Crippen molar-refractivity contribution >= 4 is 46.9 Å². The number of anilines is 3. The highest BCUT2D eigenvalue weighted by atomic mass is 35.5. The third-order valence-electron chi connectivity index (χ3n) is 7.35. The molecule has 0 saturated carbocycles. The molecule has 0 aliphatic carbocycles. The number of hydrogen-bond donors (Lipinski definition) is 1. The number of benzene rings is 1. The molecule has 1 aliphatic heterocycles. The zero-order valence-electron chi connectivity index (χ0n) is 24.4. The summed E-state index contributed by atoms with van der Waals surface area (Å²) >= 11 is 6.80. The van der Waals surface area contributed by atoms with E-state index in [2.05, 4.69) is 16.6 Å². The molecular weight excluding hydrogens is 557 g/mol. The number of pyridine rings is 2. The number of rotatable bonds is 7. The molecule has 1 fully saturated rings. The molecule has 3 heterocycles. The SMILES string of the molecule is C=CC(=O)N1CCN(C(=NC)c2cc(Cl)c(-c3c(N)cccc3F)nc2N(C=O)c2c(C)ccnc2C(C)C)C[C@@H]1C. The van der Waals surface area contributed by atoms with Crippen molar-refractivity contribution in [3.8, 4) is 11.3 Å². The molecular formula is C31H35ClFN7O2. The number of aromatic nitrogens is 2. The molecule has 1 aliphatic rings. The van der Waals surface area contributed by atoms with Gasteiger partial charge in [-0.25, -0.2) is 9.37 Å². The fourth-order valence-electron chi connectivity index (χ4n) is 5.34. The van der Waals surface area contributed by atoms with Crippen LogP contribution in [0.4, 0.5) is 21.6 Å². The van der Waals surface area contributed by atoms with Gasteiger partial charge in [0, 0.05) is 44.6 Å². The molecule has 0 bridgehead atoms. The lowest BCUT2D eigenvalue weighted by molar-refractivity contribution is -0.129. The summed E-state index contributed by atoms with van der Waals surface area (Å²) in [7, 11) is 1.64. The average Bonchev–Trinajstić information content (AvgIpc) is 2.95. The van der Waals surface area contributed by atoms with Crippen LogP contribution in [0, 0.1) is 12.7 Å². The van der Waals surface area contributed by atoms with Crippen molar-refractivity contribution in [1.29, 1.82) is 0 Å². The lowest BCUT2D eigenvalue weighted by Gasteiger charge is -2.41. The predicted molar refractivity (Wildman–Crippen MR) is 166 cm³/mol. The molecule has 0 unspecified atom stereocenters. The van der Waals surface area contributed by atoms with Crippen LogP contribution in [-0.2, 0) is 9.59 Å². The van der Waals surface area contributed by atoms with Crippen LogP contribution in [-0.4, -0.2) is 70.6 Å². The fourth-order valence-corrected chi connectivity index (χ4v) is 5.58. The van der Waals surface area contributed by atoms with E-state index in [4.69, 9.17) is 22.3 Å². The van der Waals surface area contributed by atoms with Gasteiger partial charge in [0.2, 0.25) is 12.3 Å². The number of aryl methyl sites for hydroxylation is 1. The van der Waals surface area contributed by atoms with Gasteiger partial charge in [-0.1, -0.05) is 38.1 Å². The Kier molecular flexibility index (Phi) is 9.26. The highest BCUT2D eigenvalue weighted by molar-refractivity contribution is 6.34. The lowest BCUT2D eigenvalue weighted by Crippen LogP contribution is -2.55. The van der Waals surface area contributed by atoms with Crippen LogP contribution in [0.15, 0.2) is 54.2 Å². The molecule has 1 aromatic carbocycles. The van der Waals surface area contributed by atoms with Gasteiger partial charge in [-0.3, -0.25) is 24.5 Å². The normalized spacial score (nSPS) is 15.6. The van der Waals surface area contributed by atoms with Crippen LogP contribution in [0.3, 0.4) is 0 Å². The second kappa shape index (κ2) is 12.7. The standard InChI is InChI=1S/C31H35ClFN7O2/c1-7-25(42)39-14-13-38(16-20(39)5)30(35-6)21-15-22(32)28(26-23(33)9-8-10-24(26)34)37-31(21)40(17-41)29-19(4)11-12-36-27(29)18(2)3/h7-12,15,17-18,20H,1,13-14,16,34H2,2-6H3/t20-/m0/s1. The number of hydrogen-bond acceptors (Lipinski definition) is 6. The number of piperazine rings is 1. The number of amides is 2. The van der Waals surface area contributed by atoms with Gasteiger partial charge in [0.15, 0.2) is 5.82 Å². The number of nitrogens with zero attached hydrogens (tertiary/aromatic N) is 6. The van der Waals surface area contributed by atoms with Gasteiger partial charge < -0.3 is 15.5 Å². The molecule has 2 aromatic heterocycles. The summed E-state index contributed by atoms with van der Waals surface area (Å²) in [6.07, 6.45) is 3.67. The number of nitrogen functional groups attached to an aromatic ring is 1. The van der Waals surface area contributed by atoms with Crippen LogP contribution < -0.4 is 10.6 Å². The van der Waals surface area contributed by atoms with E-state index in [-0.39, 0.29) is 45.7 Å². The number of amidine groups is 1. The van der Waals surface area contributed by atoms with Gasteiger partial charge in [-0.15, -0.1) is 0 Å². The van der Waals surface area contributed by atoms with Gasteiger partial charge in [0.05, 0.1) is 33.2 Å².